The number of hydrogen-bond acceptors (Lipinski definition) is 4. The third kappa shape index (κ3) is 4.37. The molecule has 1 aromatic carbocycles. The van der Waals surface area contributed by atoms with Crippen molar-refractivity contribution in [3.05, 3.63) is 52.8 Å². The Morgan fingerprint density at radius 3 is 2.40 bits per heavy atom. The van der Waals surface area contributed by atoms with Crippen LogP contribution in [0.5, 0.6) is 0 Å². The number of amides is 1. The van der Waals surface area contributed by atoms with Crippen LogP contribution in [0.4, 0.5) is 0 Å². The molecule has 132 valence electrons. The van der Waals surface area contributed by atoms with Crippen molar-refractivity contribution in [2.45, 2.75) is 13.1 Å². The van der Waals surface area contributed by atoms with Crippen LogP contribution >= 0.6 is 11.6 Å². The second-order valence-corrected chi connectivity index (χ2v) is 6.40. The third-order valence-electron chi connectivity index (χ3n) is 4.27. The fourth-order valence-electron chi connectivity index (χ4n) is 2.87. The van der Waals surface area contributed by atoms with Crippen LogP contribution in [0, 0.1) is 0 Å². The second-order valence-electron chi connectivity index (χ2n) is 5.96. The fraction of sp³-hybridized carbons (Fsp3) is 0.353. The highest BCUT2D eigenvalue weighted by atomic mass is 35.5. The van der Waals surface area contributed by atoms with Gasteiger partial charge in [-0.1, -0.05) is 23.7 Å². The standard InChI is InChI=1S/C17H19ClN4O3/c18-14-3-1-13(2-4-14)11-20-7-9-21(10-8-20)16(23)12-22-15(17(24)25)5-6-19-22/h1-6H,7-12H2,(H,24,25). The molecular formula is C17H19ClN4O3. The van der Waals surface area contributed by atoms with Crippen LogP contribution in [0.2, 0.25) is 5.02 Å². The Balaban J connectivity index is 1.51. The lowest BCUT2D eigenvalue weighted by atomic mass is 10.2. The Bertz CT molecular complexity index is 752. The number of carboxylic acid groups (broad SMARTS) is 1. The SMILES string of the molecule is O=C(O)c1ccnn1CC(=O)N1CCN(Cc2ccc(Cl)cc2)CC1. The molecule has 2 aromatic rings. The van der Waals surface area contributed by atoms with E-state index in [1.807, 2.05) is 24.3 Å². The summed E-state index contributed by atoms with van der Waals surface area (Å²) < 4.78 is 1.23. The zero-order valence-corrected chi connectivity index (χ0v) is 14.4. The summed E-state index contributed by atoms with van der Waals surface area (Å²) in [6.07, 6.45) is 1.39. The van der Waals surface area contributed by atoms with Crippen molar-refractivity contribution in [3.8, 4) is 0 Å². The van der Waals surface area contributed by atoms with Gasteiger partial charge < -0.3 is 10.0 Å². The van der Waals surface area contributed by atoms with Crippen molar-refractivity contribution in [2.24, 2.45) is 0 Å². The molecule has 1 saturated heterocycles. The van der Waals surface area contributed by atoms with E-state index in [4.69, 9.17) is 16.7 Å². The first-order valence-electron chi connectivity index (χ1n) is 8.02. The molecule has 0 atom stereocenters. The highest BCUT2D eigenvalue weighted by Gasteiger charge is 2.22. The third-order valence-corrected chi connectivity index (χ3v) is 4.52. The van der Waals surface area contributed by atoms with E-state index >= 15 is 0 Å². The molecule has 1 aliphatic heterocycles. The van der Waals surface area contributed by atoms with Crippen LogP contribution in [0.3, 0.4) is 0 Å². The zero-order chi connectivity index (χ0) is 17.8. The molecule has 1 fully saturated rings. The largest absolute Gasteiger partial charge is 0.477 e. The highest BCUT2D eigenvalue weighted by Crippen LogP contribution is 2.13. The van der Waals surface area contributed by atoms with Crippen LogP contribution < -0.4 is 0 Å². The average molecular weight is 363 g/mol. The van der Waals surface area contributed by atoms with Crippen LogP contribution in [0.15, 0.2) is 36.5 Å². The minimum atomic E-state index is -1.09. The van der Waals surface area contributed by atoms with Gasteiger partial charge in [0.15, 0.2) is 0 Å². The van der Waals surface area contributed by atoms with Crippen molar-refractivity contribution in [2.75, 3.05) is 26.2 Å². The molecule has 7 nitrogen and oxygen atoms in total. The maximum absolute atomic E-state index is 12.4. The molecule has 1 N–H and O–H groups in total. The van der Waals surface area contributed by atoms with Crippen LogP contribution in [0.1, 0.15) is 16.1 Å². The molecule has 1 amide bonds. The number of piperazine rings is 1. The maximum atomic E-state index is 12.4. The van der Waals surface area contributed by atoms with Crippen LogP contribution in [-0.4, -0.2) is 62.7 Å². The summed E-state index contributed by atoms with van der Waals surface area (Å²) in [6.45, 7) is 3.57. The number of carbonyl (C=O) groups is 2. The molecular weight excluding hydrogens is 344 g/mol. The topological polar surface area (TPSA) is 78.7 Å². The highest BCUT2D eigenvalue weighted by molar-refractivity contribution is 6.30. The Kier molecular flexibility index (Phi) is 5.35. The molecule has 1 aliphatic rings. The van der Waals surface area contributed by atoms with Gasteiger partial charge >= 0.3 is 5.97 Å². The Morgan fingerprint density at radius 2 is 1.76 bits per heavy atom. The van der Waals surface area contributed by atoms with E-state index in [0.717, 1.165) is 24.7 Å². The summed E-state index contributed by atoms with van der Waals surface area (Å²) in [6, 6.07) is 9.15. The lowest BCUT2D eigenvalue weighted by molar-refractivity contribution is -0.133. The minimum absolute atomic E-state index is 0.0229. The molecule has 0 saturated carbocycles. The molecule has 0 spiro atoms. The number of aromatic carboxylic acids is 1. The van der Waals surface area contributed by atoms with Crippen molar-refractivity contribution in [3.63, 3.8) is 0 Å². The quantitative estimate of drug-likeness (QED) is 0.873. The first-order valence-corrected chi connectivity index (χ1v) is 8.40. The molecule has 0 unspecified atom stereocenters. The van der Waals surface area contributed by atoms with E-state index in [1.54, 1.807) is 4.90 Å². The molecule has 8 heteroatoms. The number of benzene rings is 1. The first-order chi connectivity index (χ1) is 12.0. The van der Waals surface area contributed by atoms with Crippen molar-refractivity contribution in [1.82, 2.24) is 19.6 Å². The summed E-state index contributed by atoms with van der Waals surface area (Å²) in [7, 11) is 0. The van der Waals surface area contributed by atoms with Crippen molar-refractivity contribution >= 4 is 23.5 Å². The van der Waals surface area contributed by atoms with E-state index in [9.17, 15) is 9.59 Å². The minimum Gasteiger partial charge on any atom is -0.477 e. The summed E-state index contributed by atoms with van der Waals surface area (Å²) in [5.74, 6) is -1.20. The van der Waals surface area contributed by atoms with E-state index in [1.165, 1.54) is 22.5 Å². The molecule has 1 aromatic heterocycles. The molecule has 25 heavy (non-hydrogen) atoms. The van der Waals surface area contributed by atoms with Gasteiger partial charge in [-0.05, 0) is 23.8 Å². The Hall–Kier alpha value is -2.38. The number of aromatic nitrogens is 2. The van der Waals surface area contributed by atoms with Gasteiger partial charge in [-0.3, -0.25) is 9.69 Å². The fourth-order valence-corrected chi connectivity index (χ4v) is 3.00. The lowest BCUT2D eigenvalue weighted by Crippen LogP contribution is -2.49. The van der Waals surface area contributed by atoms with E-state index in [-0.39, 0.29) is 18.1 Å². The van der Waals surface area contributed by atoms with E-state index in [0.29, 0.717) is 13.1 Å². The molecule has 0 radical (unpaired) electrons. The maximum Gasteiger partial charge on any atom is 0.354 e. The van der Waals surface area contributed by atoms with Crippen LogP contribution in [0.25, 0.3) is 0 Å². The van der Waals surface area contributed by atoms with Gasteiger partial charge in [0.05, 0.1) is 0 Å². The number of nitrogens with zero attached hydrogens (tertiary/aromatic N) is 4. The summed E-state index contributed by atoms with van der Waals surface area (Å²) in [4.78, 5) is 27.5. The monoisotopic (exact) mass is 362 g/mol. The first kappa shape index (κ1) is 17.4. The number of carboxylic acids is 1. The predicted molar refractivity (Wildman–Crippen MR) is 92.5 cm³/mol. The van der Waals surface area contributed by atoms with Gasteiger partial charge in [0.2, 0.25) is 5.91 Å². The van der Waals surface area contributed by atoms with Gasteiger partial charge in [-0.2, -0.15) is 5.10 Å². The van der Waals surface area contributed by atoms with Gasteiger partial charge in [-0.25, -0.2) is 9.48 Å². The molecule has 3 rings (SSSR count). The number of rotatable bonds is 5. The number of hydrogen-bond donors (Lipinski definition) is 1. The van der Waals surface area contributed by atoms with Gasteiger partial charge in [-0.15, -0.1) is 0 Å². The van der Waals surface area contributed by atoms with Crippen molar-refractivity contribution < 1.29 is 14.7 Å². The van der Waals surface area contributed by atoms with E-state index in [2.05, 4.69) is 10.00 Å². The van der Waals surface area contributed by atoms with Gasteiger partial charge in [0.1, 0.15) is 12.2 Å². The lowest BCUT2D eigenvalue weighted by Gasteiger charge is -2.34. The normalized spacial score (nSPS) is 15.3. The zero-order valence-electron chi connectivity index (χ0n) is 13.6. The summed E-state index contributed by atoms with van der Waals surface area (Å²) >= 11 is 5.90. The predicted octanol–water partition coefficient (Wildman–Crippen LogP) is 1.58. The van der Waals surface area contributed by atoms with Crippen molar-refractivity contribution in [1.29, 1.82) is 0 Å². The van der Waals surface area contributed by atoms with Crippen LogP contribution in [-0.2, 0) is 17.9 Å². The number of carbonyl (C=O) groups excluding carboxylic acids is 1. The average Bonchev–Trinajstić information content (AvgIpc) is 3.06. The number of halogens is 1. The Labute approximate surface area is 150 Å². The summed E-state index contributed by atoms with van der Waals surface area (Å²) in [5, 5.41) is 13.7. The van der Waals surface area contributed by atoms with Gasteiger partial charge in [0, 0.05) is 43.9 Å². The Morgan fingerprint density at radius 1 is 1.08 bits per heavy atom. The second kappa shape index (κ2) is 7.67. The van der Waals surface area contributed by atoms with Gasteiger partial charge in [0.25, 0.3) is 0 Å². The summed E-state index contributed by atoms with van der Waals surface area (Å²) in [5.41, 5.74) is 1.21. The molecule has 2 heterocycles. The molecule has 0 aliphatic carbocycles. The smallest absolute Gasteiger partial charge is 0.354 e. The molecule has 0 bridgehead atoms. The van der Waals surface area contributed by atoms with E-state index < -0.39 is 5.97 Å².